The maximum atomic E-state index is 12.0. The van der Waals surface area contributed by atoms with Crippen molar-refractivity contribution >= 4 is 23.1 Å². The number of amides is 1. The lowest BCUT2D eigenvalue weighted by Gasteiger charge is -2.03. The maximum Gasteiger partial charge on any atom is 0.276 e. The Morgan fingerprint density at radius 2 is 2.25 bits per heavy atom. The number of anilines is 1. The van der Waals surface area contributed by atoms with Crippen LogP contribution in [0.5, 0.6) is 5.75 Å². The van der Waals surface area contributed by atoms with Gasteiger partial charge in [0.25, 0.3) is 5.91 Å². The number of thiazole rings is 1. The zero-order valence-corrected chi connectivity index (χ0v) is 10.9. The quantitative estimate of drug-likeness (QED) is 0.773. The molecule has 2 N–H and O–H groups in total. The van der Waals surface area contributed by atoms with Gasteiger partial charge in [0.1, 0.15) is 5.69 Å². The third kappa shape index (κ3) is 2.39. The topological polar surface area (TPSA) is 88.2 Å². The van der Waals surface area contributed by atoms with Gasteiger partial charge in [0.2, 0.25) is 0 Å². The van der Waals surface area contributed by atoms with E-state index < -0.39 is 5.91 Å². The molecule has 0 atom stereocenters. The number of carbonyl (C=O) groups excluding carboxylic acids is 1. The molecule has 3 heterocycles. The molecule has 1 amide bonds. The Balaban J connectivity index is 1.80. The minimum Gasteiger partial charge on any atom is -0.504 e. The van der Waals surface area contributed by atoms with E-state index in [1.165, 1.54) is 23.6 Å². The molecule has 20 heavy (non-hydrogen) atoms. The van der Waals surface area contributed by atoms with Gasteiger partial charge in [-0.05, 0) is 24.3 Å². The van der Waals surface area contributed by atoms with Gasteiger partial charge in [0.15, 0.2) is 22.3 Å². The predicted molar refractivity (Wildman–Crippen MR) is 73.7 cm³/mol. The lowest BCUT2D eigenvalue weighted by atomic mass is 10.4. The summed E-state index contributed by atoms with van der Waals surface area (Å²) in [6.45, 7) is 0. The summed E-state index contributed by atoms with van der Waals surface area (Å²) in [7, 11) is 0. The van der Waals surface area contributed by atoms with Gasteiger partial charge >= 0.3 is 0 Å². The highest BCUT2D eigenvalue weighted by Crippen LogP contribution is 2.25. The molecule has 0 aliphatic heterocycles. The van der Waals surface area contributed by atoms with Crippen molar-refractivity contribution in [1.29, 1.82) is 0 Å². The van der Waals surface area contributed by atoms with Crippen molar-refractivity contribution in [3.63, 3.8) is 0 Å². The highest BCUT2D eigenvalue weighted by molar-refractivity contribution is 7.13. The van der Waals surface area contributed by atoms with Gasteiger partial charge in [0.05, 0.1) is 6.26 Å². The van der Waals surface area contributed by atoms with E-state index >= 15 is 0 Å². The number of nitrogens with zero attached hydrogens (tertiary/aromatic N) is 2. The molecular weight excluding hydrogens is 278 g/mol. The first-order valence-electron chi connectivity index (χ1n) is 5.69. The molecule has 0 bridgehead atoms. The van der Waals surface area contributed by atoms with E-state index in [9.17, 15) is 9.90 Å². The van der Waals surface area contributed by atoms with Gasteiger partial charge < -0.3 is 14.8 Å². The number of hydrogen-bond donors (Lipinski definition) is 2. The first kappa shape index (κ1) is 12.4. The van der Waals surface area contributed by atoms with Crippen molar-refractivity contribution < 1.29 is 14.3 Å². The third-order valence-electron chi connectivity index (χ3n) is 2.49. The average Bonchev–Trinajstić information content (AvgIpc) is 3.11. The first-order chi connectivity index (χ1) is 9.74. The van der Waals surface area contributed by atoms with Crippen molar-refractivity contribution in [2.75, 3.05) is 5.32 Å². The molecule has 0 fully saturated rings. The van der Waals surface area contributed by atoms with Crippen LogP contribution in [0.3, 0.4) is 0 Å². The third-order valence-corrected chi connectivity index (χ3v) is 3.34. The summed E-state index contributed by atoms with van der Waals surface area (Å²) >= 11 is 1.30. The fourth-order valence-corrected chi connectivity index (χ4v) is 2.32. The molecule has 3 aromatic heterocycles. The van der Waals surface area contributed by atoms with Crippen LogP contribution in [0, 0.1) is 0 Å². The Morgan fingerprint density at radius 3 is 3.00 bits per heavy atom. The highest BCUT2D eigenvalue weighted by Gasteiger charge is 2.15. The van der Waals surface area contributed by atoms with Gasteiger partial charge in [-0.25, -0.2) is 9.97 Å². The van der Waals surface area contributed by atoms with Gasteiger partial charge in [-0.15, -0.1) is 11.3 Å². The minimum absolute atomic E-state index is 0.0951. The van der Waals surface area contributed by atoms with E-state index in [0.717, 1.165) is 0 Å². The number of aromatic hydroxyl groups is 1. The van der Waals surface area contributed by atoms with E-state index in [0.29, 0.717) is 10.8 Å². The molecule has 0 spiro atoms. The van der Waals surface area contributed by atoms with Crippen molar-refractivity contribution in [2.45, 2.75) is 0 Å². The fourth-order valence-electron chi connectivity index (χ4n) is 1.56. The zero-order valence-electron chi connectivity index (χ0n) is 10.1. The second-order valence-electron chi connectivity index (χ2n) is 3.84. The molecule has 6 nitrogen and oxygen atoms in total. The van der Waals surface area contributed by atoms with Crippen LogP contribution in [-0.2, 0) is 0 Å². The second-order valence-corrected chi connectivity index (χ2v) is 4.70. The maximum absolute atomic E-state index is 12.0. The van der Waals surface area contributed by atoms with Crippen LogP contribution in [0.4, 0.5) is 5.82 Å². The Labute approximate surface area is 117 Å². The van der Waals surface area contributed by atoms with E-state index in [-0.39, 0.29) is 17.3 Å². The molecule has 0 radical (unpaired) electrons. The lowest BCUT2D eigenvalue weighted by molar-refractivity contribution is 0.102. The largest absolute Gasteiger partial charge is 0.504 e. The van der Waals surface area contributed by atoms with Crippen LogP contribution in [-0.4, -0.2) is 21.0 Å². The summed E-state index contributed by atoms with van der Waals surface area (Å²) in [6, 6.07) is 6.54. The van der Waals surface area contributed by atoms with Gasteiger partial charge in [-0.3, -0.25) is 4.79 Å². The van der Waals surface area contributed by atoms with Crippen LogP contribution in [0.15, 0.2) is 46.5 Å². The predicted octanol–water partition coefficient (Wildman–Crippen LogP) is 2.76. The molecule has 0 unspecified atom stereocenters. The summed E-state index contributed by atoms with van der Waals surface area (Å²) in [4.78, 5) is 20.1. The van der Waals surface area contributed by atoms with Gasteiger partial charge in [0, 0.05) is 11.6 Å². The van der Waals surface area contributed by atoms with Crippen LogP contribution < -0.4 is 5.32 Å². The summed E-state index contributed by atoms with van der Waals surface area (Å²) < 4.78 is 5.21. The molecule has 0 saturated heterocycles. The Morgan fingerprint density at radius 1 is 1.35 bits per heavy atom. The average molecular weight is 287 g/mol. The van der Waals surface area contributed by atoms with Crippen molar-refractivity contribution in [2.24, 2.45) is 0 Å². The van der Waals surface area contributed by atoms with Crippen LogP contribution >= 0.6 is 11.3 Å². The molecule has 0 aliphatic carbocycles. The number of hydrogen-bond acceptors (Lipinski definition) is 6. The second kappa shape index (κ2) is 5.14. The molecule has 3 aromatic rings. The van der Waals surface area contributed by atoms with E-state index in [2.05, 4.69) is 15.3 Å². The van der Waals surface area contributed by atoms with Crippen molar-refractivity contribution in [3.8, 4) is 16.5 Å². The fraction of sp³-hybridized carbons (Fsp3) is 0. The molecular formula is C13H9N3O3S. The summed E-state index contributed by atoms with van der Waals surface area (Å²) in [6.07, 6.45) is 3.02. The SMILES string of the molecule is O=C(Nc1ncccc1O)c1csc(-c2ccco2)n1. The number of rotatable bonds is 3. The molecule has 0 saturated carbocycles. The zero-order chi connectivity index (χ0) is 13.9. The number of furan rings is 1. The number of pyridine rings is 1. The Bertz CT molecular complexity index is 737. The Kier molecular flexibility index (Phi) is 3.18. The normalized spacial score (nSPS) is 10.4. The van der Waals surface area contributed by atoms with Crippen LogP contribution in [0.1, 0.15) is 10.5 Å². The molecule has 0 aliphatic rings. The van der Waals surface area contributed by atoms with E-state index in [4.69, 9.17) is 4.42 Å². The summed E-state index contributed by atoms with van der Waals surface area (Å²) in [5.41, 5.74) is 0.242. The van der Waals surface area contributed by atoms with E-state index in [1.807, 2.05) is 0 Å². The Hall–Kier alpha value is -2.67. The highest BCUT2D eigenvalue weighted by atomic mass is 32.1. The number of carbonyl (C=O) groups is 1. The first-order valence-corrected chi connectivity index (χ1v) is 6.57. The van der Waals surface area contributed by atoms with E-state index in [1.54, 1.807) is 29.8 Å². The summed E-state index contributed by atoms with van der Waals surface area (Å²) in [5, 5.41) is 14.3. The molecule has 7 heteroatoms. The van der Waals surface area contributed by atoms with Crippen molar-refractivity contribution in [1.82, 2.24) is 9.97 Å². The van der Waals surface area contributed by atoms with Crippen molar-refractivity contribution in [3.05, 3.63) is 47.8 Å². The van der Waals surface area contributed by atoms with Crippen LogP contribution in [0.25, 0.3) is 10.8 Å². The standard InChI is InChI=1S/C13H9N3O3S/c17-9-3-1-5-14-11(9)16-12(18)8-7-20-13(15-8)10-4-2-6-19-10/h1-7,17H,(H,14,16,18). The number of aromatic nitrogens is 2. The smallest absolute Gasteiger partial charge is 0.276 e. The molecule has 3 rings (SSSR count). The minimum atomic E-state index is -0.437. The molecule has 100 valence electrons. The lowest BCUT2D eigenvalue weighted by Crippen LogP contribution is -2.13. The monoisotopic (exact) mass is 287 g/mol. The molecule has 0 aromatic carbocycles. The number of nitrogens with one attached hydrogen (secondary N) is 1. The van der Waals surface area contributed by atoms with Gasteiger partial charge in [-0.1, -0.05) is 0 Å². The van der Waals surface area contributed by atoms with Crippen LogP contribution in [0.2, 0.25) is 0 Å². The van der Waals surface area contributed by atoms with Gasteiger partial charge in [-0.2, -0.15) is 0 Å². The summed E-state index contributed by atoms with van der Waals surface area (Å²) in [5.74, 6) is 0.176.